The number of aromatic nitrogens is 2. The van der Waals surface area contributed by atoms with E-state index in [1.54, 1.807) is 7.05 Å². The van der Waals surface area contributed by atoms with Gasteiger partial charge in [-0.1, -0.05) is 29.8 Å². The van der Waals surface area contributed by atoms with E-state index in [0.717, 1.165) is 16.7 Å². The Hall–Kier alpha value is -3.00. The molecule has 1 amide bonds. The maximum atomic E-state index is 13.0. The minimum atomic E-state index is -0.952. The Kier molecular flexibility index (Phi) is 5.89. The predicted octanol–water partition coefficient (Wildman–Crippen LogP) is 2.76. The average molecular weight is 399 g/mol. The molecule has 0 aliphatic heterocycles. The second kappa shape index (κ2) is 8.35. The van der Waals surface area contributed by atoms with E-state index < -0.39 is 5.97 Å². The molecule has 0 spiro atoms. The van der Waals surface area contributed by atoms with Gasteiger partial charge in [0.25, 0.3) is 5.56 Å². The van der Waals surface area contributed by atoms with Crippen LogP contribution >= 0.6 is 11.3 Å². The van der Waals surface area contributed by atoms with Gasteiger partial charge in [0.1, 0.15) is 4.83 Å². The van der Waals surface area contributed by atoms with E-state index in [2.05, 4.69) is 4.98 Å². The van der Waals surface area contributed by atoms with Gasteiger partial charge >= 0.3 is 5.97 Å². The van der Waals surface area contributed by atoms with Crippen molar-refractivity contribution >= 4 is 33.4 Å². The van der Waals surface area contributed by atoms with Gasteiger partial charge in [-0.05, 0) is 12.5 Å². The molecule has 28 heavy (non-hydrogen) atoms. The molecule has 0 saturated carbocycles. The number of carbonyl (C=O) groups excluding carboxylic acids is 1. The zero-order valence-corrected chi connectivity index (χ0v) is 16.5. The summed E-state index contributed by atoms with van der Waals surface area (Å²) in [6.07, 6.45) is 1.46. The van der Waals surface area contributed by atoms with Gasteiger partial charge in [0.2, 0.25) is 5.91 Å². The van der Waals surface area contributed by atoms with Crippen LogP contribution in [0.3, 0.4) is 0 Å². The Morgan fingerprint density at radius 1 is 1.21 bits per heavy atom. The summed E-state index contributed by atoms with van der Waals surface area (Å²) in [6, 6.07) is 7.96. The van der Waals surface area contributed by atoms with Gasteiger partial charge in [0, 0.05) is 37.5 Å². The fourth-order valence-electron chi connectivity index (χ4n) is 2.87. The molecule has 146 valence electrons. The average Bonchev–Trinajstić information content (AvgIpc) is 3.10. The maximum Gasteiger partial charge on any atom is 0.305 e. The second-order valence-electron chi connectivity index (χ2n) is 6.65. The maximum absolute atomic E-state index is 13.0. The number of carbonyl (C=O) groups is 2. The van der Waals surface area contributed by atoms with E-state index in [9.17, 15) is 14.4 Å². The first-order valence-corrected chi connectivity index (χ1v) is 9.74. The highest BCUT2D eigenvalue weighted by molar-refractivity contribution is 7.17. The molecular formula is C20H21N3O4S. The van der Waals surface area contributed by atoms with Gasteiger partial charge in [-0.25, -0.2) is 4.98 Å². The van der Waals surface area contributed by atoms with Gasteiger partial charge < -0.3 is 10.0 Å². The Bertz CT molecular complexity index is 1070. The minimum Gasteiger partial charge on any atom is -0.481 e. The largest absolute Gasteiger partial charge is 0.481 e. The number of hydrogen-bond acceptors (Lipinski definition) is 5. The third-order valence-electron chi connectivity index (χ3n) is 4.58. The van der Waals surface area contributed by atoms with Gasteiger partial charge in [-0.3, -0.25) is 19.0 Å². The summed E-state index contributed by atoms with van der Waals surface area (Å²) < 4.78 is 1.44. The van der Waals surface area contributed by atoms with Crippen molar-refractivity contribution in [2.75, 3.05) is 13.6 Å². The predicted molar refractivity (Wildman–Crippen MR) is 109 cm³/mol. The standard InChI is InChI=1S/C20H21N3O4S/c1-13-3-5-14(6-4-13)15-11-28-19-18(15)20(27)23(12-21-19)10-7-16(24)22(2)9-8-17(25)26/h3-6,11-12H,7-10H2,1-2H3,(H,25,26). The molecule has 0 aliphatic rings. The van der Waals surface area contributed by atoms with E-state index in [-0.39, 0.29) is 37.4 Å². The molecule has 0 fully saturated rings. The van der Waals surface area contributed by atoms with Crippen molar-refractivity contribution in [2.24, 2.45) is 0 Å². The lowest BCUT2D eigenvalue weighted by molar-refractivity contribution is -0.138. The molecule has 0 unspecified atom stereocenters. The molecule has 3 rings (SSSR count). The van der Waals surface area contributed by atoms with Crippen LogP contribution in [0, 0.1) is 6.92 Å². The zero-order chi connectivity index (χ0) is 20.3. The third kappa shape index (κ3) is 4.28. The van der Waals surface area contributed by atoms with Crippen molar-refractivity contribution in [3.8, 4) is 11.1 Å². The number of aryl methyl sites for hydroxylation is 2. The lowest BCUT2D eigenvalue weighted by atomic mass is 10.1. The van der Waals surface area contributed by atoms with Gasteiger partial charge in [-0.15, -0.1) is 11.3 Å². The van der Waals surface area contributed by atoms with Gasteiger partial charge in [0.05, 0.1) is 18.1 Å². The fraction of sp³-hybridized carbons (Fsp3) is 0.300. The first-order valence-electron chi connectivity index (χ1n) is 8.86. The first kappa shape index (κ1) is 19.8. The van der Waals surface area contributed by atoms with Crippen molar-refractivity contribution in [2.45, 2.75) is 26.3 Å². The topological polar surface area (TPSA) is 92.5 Å². The molecule has 7 nitrogen and oxygen atoms in total. The SMILES string of the molecule is Cc1ccc(-c2csc3ncn(CCC(=O)N(C)CCC(=O)O)c(=O)c23)cc1. The molecule has 3 aromatic rings. The van der Waals surface area contributed by atoms with Crippen molar-refractivity contribution in [3.63, 3.8) is 0 Å². The van der Waals surface area contributed by atoms with Crippen LogP contribution in [0.5, 0.6) is 0 Å². The Morgan fingerprint density at radius 2 is 1.93 bits per heavy atom. The van der Waals surface area contributed by atoms with Gasteiger partial charge in [0.15, 0.2) is 0 Å². The fourth-order valence-corrected chi connectivity index (χ4v) is 3.77. The Labute approximate surface area is 165 Å². The van der Waals surface area contributed by atoms with E-state index in [1.807, 2.05) is 36.6 Å². The molecule has 0 bridgehead atoms. The number of nitrogens with zero attached hydrogens (tertiary/aromatic N) is 3. The molecule has 0 atom stereocenters. The monoisotopic (exact) mass is 399 g/mol. The normalized spacial score (nSPS) is 10.9. The van der Waals surface area contributed by atoms with Crippen molar-refractivity contribution < 1.29 is 14.7 Å². The molecule has 1 aromatic carbocycles. The number of carboxylic acids is 1. The van der Waals surface area contributed by atoms with Crippen LogP contribution in [-0.4, -0.2) is 45.0 Å². The van der Waals surface area contributed by atoms with Crippen LogP contribution in [0.4, 0.5) is 0 Å². The summed E-state index contributed by atoms with van der Waals surface area (Å²) >= 11 is 1.42. The molecule has 0 radical (unpaired) electrons. The van der Waals surface area contributed by atoms with Crippen LogP contribution in [0.1, 0.15) is 18.4 Å². The number of carboxylic acid groups (broad SMARTS) is 1. The molecule has 8 heteroatoms. The van der Waals surface area contributed by atoms with Crippen molar-refractivity contribution in [3.05, 3.63) is 51.9 Å². The first-order chi connectivity index (χ1) is 13.4. The molecule has 1 N–H and O–H groups in total. The quantitative estimate of drug-likeness (QED) is 0.659. The molecule has 0 aliphatic carbocycles. The van der Waals surface area contributed by atoms with E-state index in [0.29, 0.717) is 10.2 Å². The third-order valence-corrected chi connectivity index (χ3v) is 5.46. The van der Waals surface area contributed by atoms with Crippen molar-refractivity contribution in [1.29, 1.82) is 0 Å². The smallest absolute Gasteiger partial charge is 0.305 e. The minimum absolute atomic E-state index is 0.104. The summed E-state index contributed by atoms with van der Waals surface area (Å²) in [4.78, 5) is 42.2. The number of thiophene rings is 1. The lowest BCUT2D eigenvalue weighted by Gasteiger charge is -2.16. The summed E-state index contributed by atoms with van der Waals surface area (Å²) in [5.41, 5.74) is 2.77. The number of rotatable bonds is 7. The van der Waals surface area contributed by atoms with Gasteiger partial charge in [-0.2, -0.15) is 0 Å². The van der Waals surface area contributed by atoms with Crippen molar-refractivity contribution in [1.82, 2.24) is 14.5 Å². The molecule has 0 saturated heterocycles. The number of amides is 1. The van der Waals surface area contributed by atoms with E-state index in [1.165, 1.54) is 27.1 Å². The number of fused-ring (bicyclic) bond motifs is 1. The molecule has 2 aromatic heterocycles. The Morgan fingerprint density at radius 3 is 2.61 bits per heavy atom. The number of aliphatic carboxylic acids is 1. The summed E-state index contributed by atoms with van der Waals surface area (Å²) in [5.74, 6) is -1.16. The van der Waals surface area contributed by atoms with Crippen LogP contribution in [0.25, 0.3) is 21.3 Å². The van der Waals surface area contributed by atoms with Crippen LogP contribution in [0.2, 0.25) is 0 Å². The van der Waals surface area contributed by atoms with Crippen LogP contribution < -0.4 is 5.56 Å². The highest BCUT2D eigenvalue weighted by atomic mass is 32.1. The number of hydrogen-bond donors (Lipinski definition) is 1. The highest BCUT2D eigenvalue weighted by Crippen LogP contribution is 2.30. The summed E-state index contributed by atoms with van der Waals surface area (Å²) in [6.45, 7) is 2.35. The zero-order valence-electron chi connectivity index (χ0n) is 15.7. The van der Waals surface area contributed by atoms with E-state index in [4.69, 9.17) is 5.11 Å². The molecular weight excluding hydrogens is 378 g/mol. The highest BCUT2D eigenvalue weighted by Gasteiger charge is 2.15. The summed E-state index contributed by atoms with van der Waals surface area (Å²) in [5, 5.41) is 11.2. The Balaban J connectivity index is 1.81. The second-order valence-corrected chi connectivity index (χ2v) is 7.51. The van der Waals surface area contributed by atoms with Crippen LogP contribution in [-0.2, 0) is 16.1 Å². The summed E-state index contributed by atoms with van der Waals surface area (Å²) in [7, 11) is 1.56. The van der Waals surface area contributed by atoms with Crippen LogP contribution in [0.15, 0.2) is 40.8 Å². The lowest BCUT2D eigenvalue weighted by Crippen LogP contribution is -2.31. The van der Waals surface area contributed by atoms with E-state index >= 15 is 0 Å². The molecule has 2 heterocycles. The number of benzene rings is 1.